The number of nitrogens with one attached hydrogen (secondary N) is 1. The maximum absolute atomic E-state index is 12.6. The Bertz CT molecular complexity index is 1060. The van der Waals surface area contributed by atoms with Crippen molar-refractivity contribution in [1.29, 1.82) is 0 Å². The highest BCUT2D eigenvalue weighted by atomic mass is 32.2. The lowest BCUT2D eigenvalue weighted by molar-refractivity contribution is 0.0600. The van der Waals surface area contributed by atoms with E-state index in [1.54, 1.807) is 0 Å². The molecule has 0 unspecified atom stereocenters. The number of hydrogen-bond acceptors (Lipinski definition) is 5. The number of ether oxygens (including phenoxy) is 2. The molecule has 0 radical (unpaired) electrons. The first-order valence-electron chi connectivity index (χ1n) is 8.92. The number of esters is 1. The summed E-state index contributed by atoms with van der Waals surface area (Å²) < 4.78 is 38.2. The van der Waals surface area contributed by atoms with Crippen molar-refractivity contribution in [2.24, 2.45) is 0 Å². The van der Waals surface area contributed by atoms with Crippen LogP contribution in [0.4, 0.5) is 0 Å². The normalized spacial score (nSPS) is 11.1. The molecule has 1 N–H and O–H groups in total. The van der Waals surface area contributed by atoms with Gasteiger partial charge < -0.3 is 9.47 Å². The van der Waals surface area contributed by atoms with E-state index in [9.17, 15) is 13.2 Å². The minimum absolute atomic E-state index is 0.0724. The average molecular weight is 411 g/mol. The zero-order chi connectivity index (χ0) is 20.7. The molecule has 3 rings (SSSR count). The molecule has 0 heterocycles. The van der Waals surface area contributed by atoms with Crippen molar-refractivity contribution < 1.29 is 22.7 Å². The fraction of sp³-hybridized carbons (Fsp3) is 0.136. The highest BCUT2D eigenvalue weighted by Crippen LogP contribution is 2.16. The summed E-state index contributed by atoms with van der Waals surface area (Å²) >= 11 is 0. The molecule has 3 aromatic carbocycles. The van der Waals surface area contributed by atoms with E-state index in [1.165, 1.54) is 31.4 Å². The molecule has 29 heavy (non-hydrogen) atoms. The van der Waals surface area contributed by atoms with Gasteiger partial charge >= 0.3 is 5.97 Å². The number of carbonyl (C=O) groups excluding carboxylic acids is 1. The zero-order valence-electron chi connectivity index (χ0n) is 15.9. The summed E-state index contributed by atoms with van der Waals surface area (Å²) in [5.41, 5.74) is 1.99. The number of rotatable bonds is 8. The third kappa shape index (κ3) is 5.43. The topological polar surface area (TPSA) is 81.7 Å². The first kappa shape index (κ1) is 20.6. The second-order valence-corrected chi connectivity index (χ2v) is 7.98. The fourth-order valence-electron chi connectivity index (χ4n) is 2.69. The molecule has 3 aromatic rings. The quantitative estimate of drug-likeness (QED) is 0.574. The molecule has 7 heteroatoms. The van der Waals surface area contributed by atoms with E-state index >= 15 is 0 Å². The van der Waals surface area contributed by atoms with Crippen LogP contribution >= 0.6 is 0 Å². The van der Waals surface area contributed by atoms with Crippen molar-refractivity contribution in [1.82, 2.24) is 4.72 Å². The Morgan fingerprint density at radius 3 is 2.14 bits per heavy atom. The summed E-state index contributed by atoms with van der Waals surface area (Å²) in [4.78, 5) is 11.6. The van der Waals surface area contributed by atoms with Gasteiger partial charge in [-0.15, -0.1) is 0 Å². The van der Waals surface area contributed by atoms with Gasteiger partial charge in [0.05, 0.1) is 17.6 Å². The third-order valence-electron chi connectivity index (χ3n) is 4.29. The lowest BCUT2D eigenvalue weighted by atomic mass is 10.1. The molecule has 0 fully saturated rings. The van der Waals surface area contributed by atoms with Crippen LogP contribution in [-0.4, -0.2) is 21.5 Å². The number of para-hydroxylation sites is 1. The highest BCUT2D eigenvalue weighted by Gasteiger charge is 2.16. The van der Waals surface area contributed by atoms with Crippen molar-refractivity contribution in [2.75, 3.05) is 7.11 Å². The molecule has 0 bridgehead atoms. The molecular weight excluding hydrogens is 390 g/mol. The van der Waals surface area contributed by atoms with Crippen LogP contribution in [0.5, 0.6) is 5.75 Å². The van der Waals surface area contributed by atoms with Crippen molar-refractivity contribution in [3.63, 3.8) is 0 Å². The Balaban J connectivity index is 1.68. The van der Waals surface area contributed by atoms with Gasteiger partial charge in [0, 0.05) is 6.54 Å². The van der Waals surface area contributed by atoms with Crippen LogP contribution in [0.2, 0.25) is 0 Å². The Kier molecular flexibility index (Phi) is 6.64. The first-order chi connectivity index (χ1) is 14.0. The Labute approximate surface area is 170 Å². The molecule has 0 aromatic heterocycles. The van der Waals surface area contributed by atoms with E-state index in [4.69, 9.17) is 4.74 Å². The number of hydrogen-bond donors (Lipinski definition) is 1. The molecule has 150 valence electrons. The van der Waals surface area contributed by atoms with E-state index in [2.05, 4.69) is 9.46 Å². The summed E-state index contributed by atoms with van der Waals surface area (Å²) in [6.45, 7) is 0.450. The van der Waals surface area contributed by atoms with Gasteiger partial charge in [-0.25, -0.2) is 17.9 Å². The maximum atomic E-state index is 12.6. The summed E-state index contributed by atoms with van der Waals surface area (Å²) in [7, 11) is -2.46. The Hall–Kier alpha value is -3.16. The standard InChI is InChI=1S/C22H21NO5S/c1-27-22(24)17-11-13-21(14-12-17)29(25,26)23-15-18-7-5-6-8-19(18)16-28-20-9-3-2-4-10-20/h2-14,23H,15-16H2,1H3. The van der Waals surface area contributed by atoms with Crippen molar-refractivity contribution in [2.45, 2.75) is 18.0 Å². The van der Waals surface area contributed by atoms with E-state index in [0.717, 1.165) is 16.9 Å². The average Bonchev–Trinajstić information content (AvgIpc) is 2.77. The van der Waals surface area contributed by atoms with Crippen LogP contribution in [0.3, 0.4) is 0 Å². The first-order valence-corrected chi connectivity index (χ1v) is 10.4. The van der Waals surface area contributed by atoms with E-state index < -0.39 is 16.0 Å². The molecule has 0 aliphatic heterocycles. The van der Waals surface area contributed by atoms with Gasteiger partial charge in [-0.3, -0.25) is 0 Å². The largest absolute Gasteiger partial charge is 0.489 e. The molecular formula is C22H21NO5S. The second-order valence-electron chi connectivity index (χ2n) is 6.21. The van der Waals surface area contributed by atoms with Crippen LogP contribution in [0.1, 0.15) is 21.5 Å². The van der Waals surface area contributed by atoms with Gasteiger partial charge in [-0.05, 0) is 47.5 Å². The molecule has 0 saturated heterocycles. The van der Waals surface area contributed by atoms with Gasteiger partial charge in [0.2, 0.25) is 10.0 Å². The van der Waals surface area contributed by atoms with E-state index in [-0.39, 0.29) is 17.0 Å². The number of sulfonamides is 1. The van der Waals surface area contributed by atoms with Gasteiger partial charge in [0.15, 0.2) is 0 Å². The molecule has 0 atom stereocenters. The minimum Gasteiger partial charge on any atom is -0.489 e. The highest BCUT2D eigenvalue weighted by molar-refractivity contribution is 7.89. The summed E-state index contributed by atoms with van der Waals surface area (Å²) in [5.74, 6) is 0.225. The van der Waals surface area contributed by atoms with Gasteiger partial charge in [0.25, 0.3) is 0 Å². The van der Waals surface area contributed by atoms with Crippen LogP contribution in [0.15, 0.2) is 83.8 Å². The molecule has 0 aliphatic carbocycles. The molecule has 0 spiro atoms. The fourth-order valence-corrected chi connectivity index (χ4v) is 3.70. The monoisotopic (exact) mass is 411 g/mol. The molecule has 0 saturated carbocycles. The van der Waals surface area contributed by atoms with Gasteiger partial charge in [0.1, 0.15) is 12.4 Å². The number of benzene rings is 3. The predicted molar refractivity (Wildman–Crippen MR) is 109 cm³/mol. The van der Waals surface area contributed by atoms with Crippen LogP contribution in [0, 0.1) is 0 Å². The summed E-state index contributed by atoms with van der Waals surface area (Å²) in [6.07, 6.45) is 0. The van der Waals surface area contributed by atoms with Crippen LogP contribution in [-0.2, 0) is 27.9 Å². The molecule has 6 nitrogen and oxygen atoms in total. The minimum atomic E-state index is -3.73. The lowest BCUT2D eigenvalue weighted by Gasteiger charge is -2.12. The van der Waals surface area contributed by atoms with Crippen molar-refractivity contribution in [3.05, 3.63) is 95.6 Å². The SMILES string of the molecule is COC(=O)c1ccc(S(=O)(=O)NCc2ccccc2COc2ccccc2)cc1. The van der Waals surface area contributed by atoms with Crippen molar-refractivity contribution in [3.8, 4) is 5.75 Å². The van der Waals surface area contributed by atoms with E-state index in [0.29, 0.717) is 6.61 Å². The van der Waals surface area contributed by atoms with E-state index in [1.807, 2.05) is 54.6 Å². The molecule has 0 amide bonds. The predicted octanol–water partition coefficient (Wildman–Crippen LogP) is 3.53. The summed E-state index contributed by atoms with van der Waals surface area (Å²) in [5, 5.41) is 0. The molecule has 0 aliphatic rings. The second kappa shape index (κ2) is 9.36. The zero-order valence-corrected chi connectivity index (χ0v) is 16.7. The number of carbonyl (C=O) groups is 1. The Morgan fingerprint density at radius 1 is 0.862 bits per heavy atom. The Morgan fingerprint density at radius 2 is 1.48 bits per heavy atom. The maximum Gasteiger partial charge on any atom is 0.337 e. The van der Waals surface area contributed by atoms with Gasteiger partial charge in [-0.1, -0.05) is 42.5 Å². The smallest absolute Gasteiger partial charge is 0.337 e. The van der Waals surface area contributed by atoms with Crippen molar-refractivity contribution >= 4 is 16.0 Å². The lowest BCUT2D eigenvalue weighted by Crippen LogP contribution is -2.24. The number of methoxy groups -OCH3 is 1. The van der Waals surface area contributed by atoms with Gasteiger partial charge in [-0.2, -0.15) is 0 Å². The third-order valence-corrected chi connectivity index (χ3v) is 5.71. The van der Waals surface area contributed by atoms with Crippen LogP contribution in [0.25, 0.3) is 0 Å². The van der Waals surface area contributed by atoms with Crippen LogP contribution < -0.4 is 9.46 Å². The summed E-state index contributed by atoms with van der Waals surface area (Å²) in [6, 6.07) is 22.5.